The van der Waals surface area contributed by atoms with E-state index in [2.05, 4.69) is 30.3 Å². The van der Waals surface area contributed by atoms with Gasteiger partial charge in [0.2, 0.25) is 5.95 Å². The number of aryl methyl sites for hydroxylation is 2. The smallest absolute Gasteiger partial charge is 0.270 e. The van der Waals surface area contributed by atoms with E-state index >= 15 is 0 Å². The average Bonchev–Trinajstić information content (AvgIpc) is 3.03. The van der Waals surface area contributed by atoms with Crippen LogP contribution >= 0.6 is 0 Å². The first-order valence-electron chi connectivity index (χ1n) is 8.77. The number of hydrogen-bond acceptors (Lipinski definition) is 6. The zero-order valence-electron chi connectivity index (χ0n) is 14.9. The minimum Gasteiger partial charge on any atom is -0.346 e. The molecule has 4 heterocycles. The summed E-state index contributed by atoms with van der Waals surface area (Å²) in [5.74, 6) is 0.548. The fourth-order valence-corrected chi connectivity index (χ4v) is 3.35. The molecule has 1 atom stereocenters. The van der Waals surface area contributed by atoms with E-state index in [4.69, 9.17) is 0 Å². The molecule has 0 bridgehead atoms. The molecule has 4 rings (SSSR count). The van der Waals surface area contributed by atoms with Crippen molar-refractivity contribution in [1.29, 1.82) is 0 Å². The maximum atomic E-state index is 12.7. The average molecular weight is 351 g/mol. The molecule has 8 nitrogen and oxygen atoms in total. The van der Waals surface area contributed by atoms with Crippen LogP contribution in [0.2, 0.25) is 0 Å². The molecule has 134 valence electrons. The Morgan fingerprint density at radius 3 is 2.85 bits per heavy atom. The van der Waals surface area contributed by atoms with E-state index in [0.29, 0.717) is 23.8 Å². The Labute approximate surface area is 151 Å². The highest BCUT2D eigenvalue weighted by atomic mass is 16.2. The van der Waals surface area contributed by atoms with Crippen molar-refractivity contribution in [2.75, 3.05) is 18.0 Å². The standard InChI is InChI=1S/C18H21N7O/c1-12-9-16-22-15(10-13(2)25(16)23-12)17(26)21-14-5-3-8-24(11-14)18-19-6-4-7-20-18/h4,6-7,9-10,14H,3,5,8,11H2,1-2H3,(H,21,26). The summed E-state index contributed by atoms with van der Waals surface area (Å²) in [6.45, 7) is 5.43. The number of fused-ring (bicyclic) bond motifs is 1. The van der Waals surface area contributed by atoms with Gasteiger partial charge in [0.15, 0.2) is 5.65 Å². The molecule has 1 N–H and O–H groups in total. The number of rotatable bonds is 3. The molecular weight excluding hydrogens is 330 g/mol. The van der Waals surface area contributed by atoms with E-state index in [9.17, 15) is 4.79 Å². The summed E-state index contributed by atoms with van der Waals surface area (Å²) in [7, 11) is 0. The number of piperidine rings is 1. The van der Waals surface area contributed by atoms with Crippen molar-refractivity contribution in [2.24, 2.45) is 0 Å². The minimum absolute atomic E-state index is 0.0463. The Hall–Kier alpha value is -3.03. The number of anilines is 1. The molecule has 0 spiro atoms. The van der Waals surface area contributed by atoms with Gasteiger partial charge in [-0.25, -0.2) is 19.5 Å². The predicted octanol–water partition coefficient (Wildman–Crippen LogP) is 1.53. The molecule has 1 saturated heterocycles. The number of nitrogens with zero attached hydrogens (tertiary/aromatic N) is 6. The monoisotopic (exact) mass is 351 g/mol. The molecule has 3 aromatic heterocycles. The van der Waals surface area contributed by atoms with Crippen LogP contribution < -0.4 is 10.2 Å². The summed E-state index contributed by atoms with van der Waals surface area (Å²) < 4.78 is 1.75. The molecule has 8 heteroatoms. The SMILES string of the molecule is Cc1cc2nc(C(=O)NC3CCCN(c4ncccn4)C3)cc(C)n2n1. The quantitative estimate of drug-likeness (QED) is 0.770. The molecule has 1 amide bonds. The number of aromatic nitrogens is 5. The summed E-state index contributed by atoms with van der Waals surface area (Å²) in [5.41, 5.74) is 2.87. The molecule has 0 aliphatic carbocycles. The summed E-state index contributed by atoms with van der Waals surface area (Å²) in [5, 5.41) is 7.48. The van der Waals surface area contributed by atoms with Crippen molar-refractivity contribution in [3.63, 3.8) is 0 Å². The van der Waals surface area contributed by atoms with Gasteiger partial charge >= 0.3 is 0 Å². The van der Waals surface area contributed by atoms with Gasteiger partial charge < -0.3 is 10.2 Å². The third-order valence-corrected chi connectivity index (χ3v) is 4.55. The summed E-state index contributed by atoms with van der Waals surface area (Å²) in [4.78, 5) is 27.9. The van der Waals surface area contributed by atoms with Crippen LogP contribution in [0.4, 0.5) is 5.95 Å². The van der Waals surface area contributed by atoms with E-state index in [-0.39, 0.29) is 11.9 Å². The van der Waals surface area contributed by atoms with Gasteiger partial charge in [0.25, 0.3) is 5.91 Å². The second-order valence-electron chi connectivity index (χ2n) is 6.65. The van der Waals surface area contributed by atoms with Crippen LogP contribution in [0.15, 0.2) is 30.6 Å². The molecule has 0 radical (unpaired) electrons. The Morgan fingerprint density at radius 1 is 1.23 bits per heavy atom. The summed E-state index contributed by atoms with van der Waals surface area (Å²) in [6, 6.07) is 5.49. The van der Waals surface area contributed by atoms with Gasteiger partial charge in [0.1, 0.15) is 5.69 Å². The zero-order chi connectivity index (χ0) is 18.1. The van der Waals surface area contributed by atoms with Crippen LogP contribution in [0.3, 0.4) is 0 Å². The first kappa shape index (κ1) is 16.4. The number of nitrogens with one attached hydrogen (secondary N) is 1. The summed E-state index contributed by atoms with van der Waals surface area (Å²) in [6.07, 6.45) is 5.39. The molecule has 26 heavy (non-hydrogen) atoms. The van der Waals surface area contributed by atoms with Gasteiger partial charge in [-0.05, 0) is 38.8 Å². The molecule has 0 aromatic carbocycles. The Morgan fingerprint density at radius 2 is 2.04 bits per heavy atom. The van der Waals surface area contributed by atoms with Crippen LogP contribution in [0.5, 0.6) is 0 Å². The maximum absolute atomic E-state index is 12.7. The fraction of sp³-hybridized carbons (Fsp3) is 0.389. The van der Waals surface area contributed by atoms with Gasteiger partial charge in [-0.15, -0.1) is 0 Å². The molecule has 0 saturated carbocycles. The molecule has 1 unspecified atom stereocenters. The van der Waals surface area contributed by atoms with E-state index in [1.807, 2.05) is 19.9 Å². The lowest BCUT2D eigenvalue weighted by molar-refractivity contribution is 0.0928. The van der Waals surface area contributed by atoms with Crippen molar-refractivity contribution in [3.05, 3.63) is 47.7 Å². The highest BCUT2D eigenvalue weighted by molar-refractivity contribution is 5.93. The van der Waals surface area contributed by atoms with Gasteiger partial charge in [-0.2, -0.15) is 5.10 Å². The first-order chi connectivity index (χ1) is 12.6. The topological polar surface area (TPSA) is 88.3 Å². The number of hydrogen-bond donors (Lipinski definition) is 1. The van der Waals surface area contributed by atoms with Crippen molar-refractivity contribution in [2.45, 2.75) is 32.7 Å². The van der Waals surface area contributed by atoms with E-state index < -0.39 is 0 Å². The van der Waals surface area contributed by atoms with Crippen molar-refractivity contribution >= 4 is 17.5 Å². The molecule has 1 aliphatic rings. The minimum atomic E-state index is -0.157. The summed E-state index contributed by atoms with van der Waals surface area (Å²) >= 11 is 0. The number of carbonyl (C=O) groups excluding carboxylic acids is 1. The highest BCUT2D eigenvalue weighted by Crippen LogP contribution is 2.16. The predicted molar refractivity (Wildman–Crippen MR) is 97.2 cm³/mol. The number of amides is 1. The highest BCUT2D eigenvalue weighted by Gasteiger charge is 2.24. The maximum Gasteiger partial charge on any atom is 0.270 e. The largest absolute Gasteiger partial charge is 0.346 e. The Bertz CT molecular complexity index is 937. The van der Waals surface area contributed by atoms with E-state index in [0.717, 1.165) is 30.8 Å². The van der Waals surface area contributed by atoms with Crippen molar-refractivity contribution in [1.82, 2.24) is 29.9 Å². The third kappa shape index (κ3) is 3.22. The normalized spacial score (nSPS) is 17.5. The van der Waals surface area contributed by atoms with E-state index in [1.54, 1.807) is 29.0 Å². The molecule has 3 aromatic rings. The van der Waals surface area contributed by atoms with E-state index in [1.165, 1.54) is 0 Å². The second-order valence-corrected chi connectivity index (χ2v) is 6.65. The van der Waals surface area contributed by atoms with Gasteiger partial charge in [0.05, 0.1) is 5.69 Å². The Kier molecular flexibility index (Phi) is 4.24. The van der Waals surface area contributed by atoms with Crippen LogP contribution in [-0.2, 0) is 0 Å². The first-order valence-corrected chi connectivity index (χ1v) is 8.77. The molecular formula is C18H21N7O. The van der Waals surface area contributed by atoms with Gasteiger partial charge in [0, 0.05) is 43.3 Å². The third-order valence-electron chi connectivity index (χ3n) is 4.55. The van der Waals surface area contributed by atoms with Gasteiger partial charge in [-0.3, -0.25) is 4.79 Å². The fourth-order valence-electron chi connectivity index (χ4n) is 3.35. The van der Waals surface area contributed by atoms with Crippen LogP contribution in [-0.4, -0.2) is 49.6 Å². The lowest BCUT2D eigenvalue weighted by Gasteiger charge is -2.33. The van der Waals surface area contributed by atoms with Crippen LogP contribution in [0, 0.1) is 13.8 Å². The lowest BCUT2D eigenvalue weighted by Crippen LogP contribution is -2.48. The van der Waals surface area contributed by atoms with Gasteiger partial charge in [-0.1, -0.05) is 0 Å². The van der Waals surface area contributed by atoms with Crippen molar-refractivity contribution < 1.29 is 4.79 Å². The van der Waals surface area contributed by atoms with Crippen LogP contribution in [0.1, 0.15) is 34.7 Å². The molecule has 1 aliphatic heterocycles. The number of carbonyl (C=O) groups is 1. The molecule has 1 fully saturated rings. The lowest BCUT2D eigenvalue weighted by atomic mass is 10.1. The van der Waals surface area contributed by atoms with Crippen LogP contribution in [0.25, 0.3) is 5.65 Å². The Balaban J connectivity index is 1.49. The zero-order valence-corrected chi connectivity index (χ0v) is 14.9. The second kappa shape index (κ2) is 6.70. The van der Waals surface area contributed by atoms with Crippen molar-refractivity contribution in [3.8, 4) is 0 Å².